The number of ketones is 1. The van der Waals surface area contributed by atoms with E-state index in [0.717, 1.165) is 22.4 Å². The van der Waals surface area contributed by atoms with Crippen molar-refractivity contribution in [2.45, 2.75) is 39.0 Å². The van der Waals surface area contributed by atoms with Gasteiger partial charge in [0.2, 0.25) is 0 Å². The third kappa shape index (κ3) is 4.06. The molecule has 0 saturated heterocycles. The molecule has 5 rings (SSSR count). The predicted octanol–water partition coefficient (Wildman–Crippen LogP) is 6.91. The van der Waals surface area contributed by atoms with E-state index in [4.69, 9.17) is 11.6 Å². The number of halogens is 1. The summed E-state index contributed by atoms with van der Waals surface area (Å²) in [7, 11) is 0. The number of Topliss-reactive ketones (excluding diaryl/α,β-unsaturated/α-hetero) is 1. The molecule has 5 nitrogen and oxygen atoms in total. The third-order valence-corrected chi connectivity index (χ3v) is 7.17. The van der Waals surface area contributed by atoms with Crippen molar-refractivity contribution in [1.29, 1.82) is 5.41 Å². The maximum Gasteiger partial charge on any atom is 0.161 e. The van der Waals surface area contributed by atoms with Crippen LogP contribution in [0.4, 0.5) is 5.69 Å². The van der Waals surface area contributed by atoms with Crippen LogP contribution in [0.1, 0.15) is 47.4 Å². The van der Waals surface area contributed by atoms with Crippen LogP contribution in [-0.4, -0.2) is 21.7 Å². The number of rotatable bonds is 3. The minimum atomic E-state index is -0.586. The Labute approximate surface area is 209 Å². The average Bonchev–Trinajstić information content (AvgIpc) is 2.86. The molecule has 3 aromatic rings. The summed E-state index contributed by atoms with van der Waals surface area (Å²) < 4.78 is 0. The number of hydrogen-bond acceptors (Lipinski definition) is 4. The topological polar surface area (TPSA) is 77.3 Å². The van der Waals surface area contributed by atoms with E-state index >= 15 is 0 Å². The van der Waals surface area contributed by atoms with Crippen LogP contribution in [0.15, 0.2) is 83.8 Å². The van der Waals surface area contributed by atoms with Crippen LogP contribution < -0.4 is 4.90 Å². The van der Waals surface area contributed by atoms with Crippen LogP contribution in [0.25, 0.3) is 5.76 Å². The van der Waals surface area contributed by atoms with Crippen LogP contribution in [0.2, 0.25) is 5.02 Å². The summed E-state index contributed by atoms with van der Waals surface area (Å²) in [6.45, 7) is 3.91. The Morgan fingerprint density at radius 3 is 2.57 bits per heavy atom. The van der Waals surface area contributed by atoms with Gasteiger partial charge in [0.15, 0.2) is 5.78 Å². The van der Waals surface area contributed by atoms with Gasteiger partial charge < -0.3 is 5.11 Å². The summed E-state index contributed by atoms with van der Waals surface area (Å²) >= 11 is 6.47. The lowest BCUT2D eigenvalue weighted by Crippen LogP contribution is -2.42. The van der Waals surface area contributed by atoms with Gasteiger partial charge in [0.25, 0.3) is 0 Å². The number of anilines is 1. The van der Waals surface area contributed by atoms with Gasteiger partial charge in [-0.25, -0.2) is 0 Å². The van der Waals surface area contributed by atoms with Crippen LogP contribution >= 0.6 is 11.6 Å². The second-order valence-corrected chi connectivity index (χ2v) is 9.51. The molecule has 1 unspecified atom stereocenters. The van der Waals surface area contributed by atoms with Gasteiger partial charge >= 0.3 is 0 Å². The summed E-state index contributed by atoms with van der Waals surface area (Å²) in [4.78, 5) is 19.5. The van der Waals surface area contributed by atoms with Crippen molar-refractivity contribution in [2.24, 2.45) is 0 Å². The maximum absolute atomic E-state index is 13.5. The number of hydrogen-bond donors (Lipinski definition) is 2. The fraction of sp³-hybridized carbons (Fsp3) is 0.207. The molecule has 1 aromatic heterocycles. The van der Waals surface area contributed by atoms with E-state index in [1.54, 1.807) is 17.3 Å². The molecule has 2 heterocycles. The first kappa shape index (κ1) is 23.1. The Kier molecular flexibility index (Phi) is 6.03. The van der Waals surface area contributed by atoms with Crippen molar-refractivity contribution in [3.63, 3.8) is 0 Å². The minimum Gasteiger partial charge on any atom is -0.507 e. The zero-order valence-electron chi connectivity index (χ0n) is 19.7. The molecule has 35 heavy (non-hydrogen) atoms. The number of aromatic nitrogens is 1. The molecule has 6 heteroatoms. The van der Waals surface area contributed by atoms with E-state index in [0.29, 0.717) is 46.7 Å². The molecular weight excluding hydrogens is 458 g/mol. The highest BCUT2D eigenvalue weighted by Gasteiger charge is 2.43. The summed E-state index contributed by atoms with van der Waals surface area (Å²) in [5.41, 5.74) is 5.86. The molecule has 176 valence electrons. The van der Waals surface area contributed by atoms with Crippen molar-refractivity contribution >= 4 is 34.7 Å². The van der Waals surface area contributed by atoms with Crippen LogP contribution in [0, 0.1) is 19.3 Å². The van der Waals surface area contributed by atoms with Gasteiger partial charge in [0, 0.05) is 57.8 Å². The number of aryl methyl sites for hydroxylation is 2. The number of pyridine rings is 1. The van der Waals surface area contributed by atoms with E-state index in [9.17, 15) is 15.3 Å². The Morgan fingerprint density at radius 2 is 1.89 bits per heavy atom. The molecule has 0 fully saturated rings. The second-order valence-electron chi connectivity index (χ2n) is 9.10. The van der Waals surface area contributed by atoms with Gasteiger partial charge in [-0.2, -0.15) is 0 Å². The zero-order valence-corrected chi connectivity index (χ0v) is 20.4. The number of benzene rings is 2. The molecule has 0 bridgehead atoms. The SMILES string of the molecule is Cc1ccc(/C(O)=C2\C(=N)N(c3ccc(C)c(Cl)c3)C3=C(C(=O)CCC3)C2c2cccnc2)cc1. The minimum absolute atomic E-state index is 0.0167. The van der Waals surface area contributed by atoms with Crippen molar-refractivity contribution in [2.75, 3.05) is 4.90 Å². The van der Waals surface area contributed by atoms with Gasteiger partial charge in [-0.15, -0.1) is 0 Å². The smallest absolute Gasteiger partial charge is 0.161 e. The lowest BCUT2D eigenvalue weighted by Gasteiger charge is -2.41. The number of nitrogens with zero attached hydrogens (tertiary/aromatic N) is 2. The van der Waals surface area contributed by atoms with E-state index in [1.165, 1.54) is 0 Å². The van der Waals surface area contributed by atoms with Gasteiger partial charge in [-0.3, -0.25) is 20.1 Å². The van der Waals surface area contributed by atoms with Crippen LogP contribution in [-0.2, 0) is 4.79 Å². The number of allylic oxidation sites excluding steroid dienone is 2. The highest BCUT2D eigenvalue weighted by atomic mass is 35.5. The number of nitrogens with one attached hydrogen (secondary N) is 1. The van der Waals surface area contributed by atoms with Gasteiger partial charge in [0.05, 0.1) is 0 Å². The van der Waals surface area contributed by atoms with Gasteiger partial charge in [0.1, 0.15) is 11.6 Å². The number of aliphatic hydroxyl groups is 1. The van der Waals surface area contributed by atoms with Gasteiger partial charge in [-0.05, 0) is 56.0 Å². The number of amidine groups is 1. The van der Waals surface area contributed by atoms with Crippen molar-refractivity contribution < 1.29 is 9.90 Å². The summed E-state index contributed by atoms with van der Waals surface area (Å²) in [5, 5.41) is 21.5. The quantitative estimate of drug-likeness (QED) is 0.397. The molecular formula is C29H26ClN3O2. The van der Waals surface area contributed by atoms with Gasteiger partial charge in [-0.1, -0.05) is 53.6 Å². The molecule has 2 N–H and O–H groups in total. The van der Waals surface area contributed by atoms with E-state index in [2.05, 4.69) is 4.98 Å². The Balaban J connectivity index is 1.82. The Hall–Kier alpha value is -3.70. The lowest BCUT2D eigenvalue weighted by atomic mass is 9.73. The normalized spacial score (nSPS) is 19.6. The van der Waals surface area contributed by atoms with Crippen molar-refractivity contribution in [3.05, 3.63) is 111 Å². The number of carbonyl (C=O) groups excluding carboxylic acids is 1. The fourth-order valence-electron chi connectivity index (χ4n) is 4.94. The standard InChI is InChI=1S/C29H26ClN3O2/c1-17-8-11-19(12-9-17)28(35)27-25(20-5-4-14-32-16-20)26-23(6-3-7-24(26)34)33(29(27)31)21-13-10-18(2)22(30)15-21/h4-5,8-16,25,31,35H,3,6-7H2,1-2H3/b28-27+,31-29?. The molecule has 0 saturated carbocycles. The maximum atomic E-state index is 13.5. The van der Waals surface area contributed by atoms with Crippen molar-refractivity contribution in [3.8, 4) is 0 Å². The third-order valence-electron chi connectivity index (χ3n) is 6.77. The second kappa shape index (κ2) is 9.16. The average molecular weight is 484 g/mol. The first-order chi connectivity index (χ1) is 16.9. The number of carbonyl (C=O) groups is 1. The summed E-state index contributed by atoms with van der Waals surface area (Å²) in [6, 6.07) is 16.9. The first-order valence-electron chi connectivity index (χ1n) is 11.7. The molecule has 1 aliphatic heterocycles. The van der Waals surface area contributed by atoms with Crippen molar-refractivity contribution in [1.82, 2.24) is 4.98 Å². The predicted molar refractivity (Wildman–Crippen MR) is 140 cm³/mol. The Bertz CT molecular complexity index is 1390. The Morgan fingerprint density at radius 1 is 1.11 bits per heavy atom. The fourth-order valence-corrected chi connectivity index (χ4v) is 5.12. The zero-order chi connectivity index (χ0) is 24.7. The highest BCUT2D eigenvalue weighted by Crippen LogP contribution is 2.48. The molecule has 0 spiro atoms. The molecule has 2 aromatic carbocycles. The molecule has 0 amide bonds. The van der Waals surface area contributed by atoms with E-state index in [-0.39, 0.29) is 17.4 Å². The summed E-state index contributed by atoms with van der Waals surface area (Å²) in [6.07, 6.45) is 5.20. The van der Waals surface area contributed by atoms with Crippen LogP contribution in [0.5, 0.6) is 0 Å². The monoisotopic (exact) mass is 483 g/mol. The lowest BCUT2D eigenvalue weighted by molar-refractivity contribution is -0.116. The summed E-state index contributed by atoms with van der Waals surface area (Å²) in [5.74, 6) is -0.440. The largest absolute Gasteiger partial charge is 0.507 e. The first-order valence-corrected chi connectivity index (χ1v) is 12.1. The van der Waals surface area contributed by atoms with E-state index in [1.807, 2.05) is 68.4 Å². The molecule has 1 atom stereocenters. The van der Waals surface area contributed by atoms with Crippen LogP contribution in [0.3, 0.4) is 0 Å². The molecule has 0 radical (unpaired) electrons. The van der Waals surface area contributed by atoms with E-state index < -0.39 is 5.92 Å². The highest BCUT2D eigenvalue weighted by molar-refractivity contribution is 6.32. The molecule has 2 aliphatic rings. The number of aliphatic hydroxyl groups excluding tert-OH is 1. The molecule has 1 aliphatic carbocycles.